The second-order valence-corrected chi connectivity index (χ2v) is 7.60. The highest BCUT2D eigenvalue weighted by molar-refractivity contribution is 5.94. The number of carbonyl (C=O) groups excluding carboxylic acids is 1. The number of carbonyl (C=O) groups is 1. The van der Waals surface area contributed by atoms with Gasteiger partial charge in [0, 0.05) is 30.1 Å². The maximum atomic E-state index is 12.5. The molecule has 0 bridgehead atoms. The number of aromatic nitrogens is 3. The molecule has 0 radical (unpaired) electrons. The van der Waals surface area contributed by atoms with Crippen LogP contribution in [-0.4, -0.2) is 26.8 Å². The van der Waals surface area contributed by atoms with Crippen LogP contribution < -0.4 is 10.1 Å². The Kier molecular flexibility index (Phi) is 5.60. The lowest BCUT2D eigenvalue weighted by molar-refractivity contribution is 0.0951. The Morgan fingerprint density at radius 3 is 2.52 bits per heavy atom. The van der Waals surface area contributed by atoms with Crippen molar-refractivity contribution in [2.75, 3.05) is 0 Å². The average molecular weight is 390 g/mol. The normalized spacial score (nSPS) is 14.1. The first-order chi connectivity index (χ1) is 14.1. The van der Waals surface area contributed by atoms with Gasteiger partial charge in [-0.1, -0.05) is 6.07 Å². The number of amides is 1. The largest absolute Gasteiger partial charge is 0.474 e. The number of hydrogen-bond donors (Lipinski definition) is 1. The molecule has 6 heteroatoms. The van der Waals surface area contributed by atoms with Gasteiger partial charge in [0.25, 0.3) is 5.91 Å². The summed E-state index contributed by atoms with van der Waals surface area (Å²) in [6.45, 7) is 4.40. The lowest BCUT2D eigenvalue weighted by atomic mass is 10.2. The lowest BCUT2D eigenvalue weighted by Crippen LogP contribution is -2.22. The Morgan fingerprint density at radius 2 is 1.90 bits per heavy atom. The zero-order valence-electron chi connectivity index (χ0n) is 16.9. The Bertz CT molecular complexity index is 971. The van der Waals surface area contributed by atoms with Crippen molar-refractivity contribution in [1.82, 2.24) is 20.1 Å². The average Bonchev–Trinajstić information content (AvgIpc) is 3.36. The Hall–Kier alpha value is -3.15. The Labute approximate surface area is 170 Å². The third-order valence-corrected chi connectivity index (χ3v) is 5.22. The fourth-order valence-electron chi connectivity index (χ4n) is 3.69. The van der Waals surface area contributed by atoms with Gasteiger partial charge in [-0.25, -0.2) is 9.67 Å². The first-order valence-corrected chi connectivity index (χ1v) is 10.1. The summed E-state index contributed by atoms with van der Waals surface area (Å²) in [6, 6.07) is 13.3. The first-order valence-electron chi connectivity index (χ1n) is 10.1. The van der Waals surface area contributed by atoms with E-state index in [-0.39, 0.29) is 5.91 Å². The molecule has 1 aromatic carbocycles. The third-order valence-electron chi connectivity index (χ3n) is 5.22. The van der Waals surface area contributed by atoms with Crippen LogP contribution in [0.1, 0.15) is 53.0 Å². The van der Waals surface area contributed by atoms with Crippen molar-refractivity contribution in [1.29, 1.82) is 0 Å². The molecule has 0 unspecified atom stereocenters. The smallest absolute Gasteiger partial charge is 0.251 e. The topological polar surface area (TPSA) is 69.0 Å². The molecule has 1 N–H and O–H groups in total. The second kappa shape index (κ2) is 8.47. The SMILES string of the molecule is Cc1cc(C)n(-c2ccc(C(=O)NCc3ccc(OC4CCCC4)nc3)cc2)n1. The van der Waals surface area contributed by atoms with Crippen molar-refractivity contribution in [3.63, 3.8) is 0 Å². The minimum Gasteiger partial charge on any atom is -0.474 e. The molecule has 0 saturated heterocycles. The summed E-state index contributed by atoms with van der Waals surface area (Å²) in [6.07, 6.45) is 6.74. The molecule has 6 nitrogen and oxygen atoms in total. The van der Waals surface area contributed by atoms with E-state index in [0.29, 0.717) is 24.1 Å². The van der Waals surface area contributed by atoms with Gasteiger partial charge in [0.1, 0.15) is 6.10 Å². The number of ether oxygens (including phenoxy) is 1. The van der Waals surface area contributed by atoms with Crippen LogP contribution in [0.25, 0.3) is 5.69 Å². The van der Waals surface area contributed by atoms with E-state index in [2.05, 4.69) is 15.4 Å². The standard InChI is InChI=1S/C23H26N4O2/c1-16-13-17(2)27(26-16)20-10-8-19(9-11-20)23(28)25-15-18-7-12-22(24-14-18)29-21-5-3-4-6-21/h7-14,21H,3-6,15H2,1-2H3,(H,25,28). The van der Waals surface area contributed by atoms with Crippen molar-refractivity contribution < 1.29 is 9.53 Å². The van der Waals surface area contributed by atoms with E-state index >= 15 is 0 Å². The van der Waals surface area contributed by atoms with Crippen LogP contribution in [0.15, 0.2) is 48.7 Å². The summed E-state index contributed by atoms with van der Waals surface area (Å²) in [5.41, 5.74) is 4.53. The van der Waals surface area contributed by atoms with E-state index in [4.69, 9.17) is 4.74 Å². The van der Waals surface area contributed by atoms with Crippen LogP contribution in [0.5, 0.6) is 5.88 Å². The van der Waals surface area contributed by atoms with Gasteiger partial charge >= 0.3 is 0 Å². The minimum atomic E-state index is -0.115. The molecule has 1 aliphatic carbocycles. The number of aryl methyl sites for hydroxylation is 2. The summed E-state index contributed by atoms with van der Waals surface area (Å²) in [5.74, 6) is 0.544. The zero-order chi connectivity index (χ0) is 20.2. The number of hydrogen-bond acceptors (Lipinski definition) is 4. The van der Waals surface area contributed by atoms with E-state index in [1.807, 2.05) is 61.0 Å². The van der Waals surface area contributed by atoms with E-state index in [1.165, 1.54) is 12.8 Å². The van der Waals surface area contributed by atoms with Gasteiger partial charge in [-0.05, 0) is 75.4 Å². The van der Waals surface area contributed by atoms with Gasteiger partial charge < -0.3 is 10.1 Å². The van der Waals surface area contributed by atoms with Gasteiger partial charge in [-0.2, -0.15) is 5.10 Å². The Morgan fingerprint density at radius 1 is 1.14 bits per heavy atom. The maximum absolute atomic E-state index is 12.5. The van der Waals surface area contributed by atoms with E-state index in [9.17, 15) is 4.79 Å². The van der Waals surface area contributed by atoms with Gasteiger partial charge in [-0.15, -0.1) is 0 Å². The summed E-state index contributed by atoms with van der Waals surface area (Å²) in [5, 5.41) is 7.41. The lowest BCUT2D eigenvalue weighted by Gasteiger charge is -2.12. The maximum Gasteiger partial charge on any atom is 0.251 e. The summed E-state index contributed by atoms with van der Waals surface area (Å²) >= 11 is 0. The third kappa shape index (κ3) is 4.65. The molecule has 0 spiro atoms. The molecule has 1 saturated carbocycles. The molecule has 2 aromatic heterocycles. The van der Waals surface area contributed by atoms with Crippen LogP contribution >= 0.6 is 0 Å². The highest BCUT2D eigenvalue weighted by atomic mass is 16.5. The molecular formula is C23H26N4O2. The van der Waals surface area contributed by atoms with Crippen LogP contribution in [0, 0.1) is 13.8 Å². The highest BCUT2D eigenvalue weighted by Crippen LogP contribution is 2.22. The summed E-state index contributed by atoms with van der Waals surface area (Å²) < 4.78 is 7.75. The minimum absolute atomic E-state index is 0.115. The number of nitrogens with zero attached hydrogens (tertiary/aromatic N) is 3. The van der Waals surface area contributed by atoms with Crippen molar-refractivity contribution in [2.45, 2.75) is 52.2 Å². The fraction of sp³-hybridized carbons (Fsp3) is 0.348. The van der Waals surface area contributed by atoms with Gasteiger partial charge in [0.05, 0.1) is 11.4 Å². The van der Waals surface area contributed by atoms with Gasteiger partial charge in [0.15, 0.2) is 0 Å². The van der Waals surface area contributed by atoms with E-state index in [1.54, 1.807) is 6.20 Å². The predicted molar refractivity (Wildman–Crippen MR) is 111 cm³/mol. The first kappa shape index (κ1) is 19.2. The predicted octanol–water partition coefficient (Wildman–Crippen LogP) is 4.14. The number of benzene rings is 1. The fourth-order valence-corrected chi connectivity index (χ4v) is 3.69. The zero-order valence-corrected chi connectivity index (χ0v) is 16.9. The second-order valence-electron chi connectivity index (χ2n) is 7.60. The van der Waals surface area contributed by atoms with Crippen LogP contribution in [0.3, 0.4) is 0 Å². The molecule has 1 aliphatic rings. The van der Waals surface area contributed by atoms with Crippen LogP contribution in [0.2, 0.25) is 0 Å². The van der Waals surface area contributed by atoms with E-state index < -0.39 is 0 Å². The monoisotopic (exact) mass is 390 g/mol. The van der Waals surface area contributed by atoms with E-state index in [0.717, 1.165) is 35.5 Å². The van der Waals surface area contributed by atoms with Crippen LogP contribution in [0.4, 0.5) is 0 Å². The molecule has 0 aliphatic heterocycles. The number of pyridine rings is 1. The molecule has 1 fully saturated rings. The molecule has 1 amide bonds. The quantitative estimate of drug-likeness (QED) is 0.687. The van der Waals surface area contributed by atoms with Gasteiger partial charge in [0.2, 0.25) is 5.88 Å². The van der Waals surface area contributed by atoms with Crippen molar-refractivity contribution in [2.24, 2.45) is 0 Å². The van der Waals surface area contributed by atoms with Crippen LogP contribution in [-0.2, 0) is 6.54 Å². The highest BCUT2D eigenvalue weighted by Gasteiger charge is 2.16. The van der Waals surface area contributed by atoms with Crippen molar-refractivity contribution >= 4 is 5.91 Å². The van der Waals surface area contributed by atoms with Gasteiger partial charge in [-0.3, -0.25) is 4.79 Å². The molecule has 4 rings (SSSR count). The Balaban J connectivity index is 1.32. The molecule has 150 valence electrons. The molecule has 0 atom stereocenters. The molecule has 3 aromatic rings. The van der Waals surface area contributed by atoms with Crippen molar-refractivity contribution in [3.8, 4) is 11.6 Å². The number of nitrogens with one attached hydrogen (secondary N) is 1. The summed E-state index contributed by atoms with van der Waals surface area (Å²) in [4.78, 5) is 16.8. The van der Waals surface area contributed by atoms with Crippen molar-refractivity contribution in [3.05, 3.63) is 71.2 Å². The molecule has 29 heavy (non-hydrogen) atoms. The number of rotatable bonds is 6. The molecule has 2 heterocycles. The molecular weight excluding hydrogens is 364 g/mol. The summed E-state index contributed by atoms with van der Waals surface area (Å²) in [7, 11) is 0.